The first-order chi connectivity index (χ1) is 20.4. The van der Waals surface area contributed by atoms with Gasteiger partial charge in [0.15, 0.2) is 5.76 Å². The van der Waals surface area contributed by atoms with Gasteiger partial charge < -0.3 is 19.6 Å². The highest BCUT2D eigenvalue weighted by Gasteiger charge is 2.34. The minimum atomic E-state index is -0.994. The Morgan fingerprint density at radius 1 is 1.10 bits per heavy atom. The van der Waals surface area contributed by atoms with Crippen LogP contribution in [0.5, 0.6) is 0 Å². The average molecular weight is 584 g/mol. The van der Waals surface area contributed by atoms with E-state index in [2.05, 4.69) is 25.7 Å². The van der Waals surface area contributed by atoms with Gasteiger partial charge in [0.25, 0.3) is 0 Å². The van der Waals surface area contributed by atoms with Crippen LogP contribution in [0.3, 0.4) is 0 Å². The van der Waals surface area contributed by atoms with Crippen molar-refractivity contribution in [3.05, 3.63) is 112 Å². The Labute approximate surface area is 243 Å². The van der Waals surface area contributed by atoms with Crippen LogP contribution in [-0.2, 0) is 29.2 Å². The second-order valence-corrected chi connectivity index (χ2v) is 10.7. The van der Waals surface area contributed by atoms with E-state index in [1.165, 1.54) is 33.2 Å². The van der Waals surface area contributed by atoms with Crippen LogP contribution in [0.1, 0.15) is 27.8 Å². The lowest BCUT2D eigenvalue weighted by Crippen LogP contribution is -2.44. The fourth-order valence-electron chi connectivity index (χ4n) is 4.73. The normalized spacial score (nSPS) is 12.0. The highest BCUT2D eigenvalue weighted by molar-refractivity contribution is 7.09. The summed E-state index contributed by atoms with van der Waals surface area (Å²) in [4.78, 5) is 34.9. The molecule has 0 aliphatic rings. The third-order valence-corrected chi connectivity index (χ3v) is 7.63. The summed E-state index contributed by atoms with van der Waals surface area (Å²) in [6.07, 6.45) is 1.76. The molecule has 0 spiro atoms. The summed E-state index contributed by atoms with van der Waals surface area (Å²) in [6.45, 7) is 1.91. The molecule has 10 nitrogen and oxygen atoms in total. The standard InChI is InChI=1S/C30H26FN7O3S/c1-19-8-13-26(41-19)29-34-36-38(35-29)18-27(39)37(17-22-5-4-14-42-22)28(24-16-32-25-7-3-2-6-23(24)25)30(40)33-15-20-9-11-21(31)12-10-20/h2-14,16,28,32H,15,17-18H2,1H3,(H,33,40). The Morgan fingerprint density at radius 3 is 2.69 bits per heavy atom. The highest BCUT2D eigenvalue weighted by Crippen LogP contribution is 2.31. The summed E-state index contributed by atoms with van der Waals surface area (Å²) in [5, 5.41) is 18.1. The lowest BCUT2D eigenvalue weighted by atomic mass is 10.0. The van der Waals surface area contributed by atoms with Crippen molar-refractivity contribution in [3.8, 4) is 11.6 Å². The number of para-hydroxylation sites is 1. The molecule has 0 radical (unpaired) electrons. The first-order valence-corrected chi connectivity index (χ1v) is 14.1. The van der Waals surface area contributed by atoms with Crippen LogP contribution in [0, 0.1) is 12.7 Å². The Bertz CT molecular complexity index is 1820. The van der Waals surface area contributed by atoms with E-state index in [1.54, 1.807) is 30.5 Å². The van der Waals surface area contributed by atoms with E-state index in [1.807, 2.05) is 48.7 Å². The summed E-state index contributed by atoms with van der Waals surface area (Å²) in [7, 11) is 0. The number of nitrogens with zero attached hydrogens (tertiary/aromatic N) is 5. The van der Waals surface area contributed by atoms with E-state index in [-0.39, 0.29) is 43.1 Å². The zero-order valence-electron chi connectivity index (χ0n) is 22.5. The van der Waals surface area contributed by atoms with Gasteiger partial charge in [-0.1, -0.05) is 36.4 Å². The third kappa shape index (κ3) is 5.84. The summed E-state index contributed by atoms with van der Waals surface area (Å²) in [6, 6.07) is 19.9. The molecule has 1 unspecified atom stereocenters. The van der Waals surface area contributed by atoms with Crippen LogP contribution in [0.25, 0.3) is 22.5 Å². The number of hydrogen-bond acceptors (Lipinski definition) is 7. The van der Waals surface area contributed by atoms with Crippen LogP contribution in [0.15, 0.2) is 88.8 Å². The molecule has 6 rings (SSSR count). The number of thiophene rings is 1. The predicted octanol–water partition coefficient (Wildman–Crippen LogP) is 5.01. The van der Waals surface area contributed by atoms with Crippen molar-refractivity contribution in [1.82, 2.24) is 35.4 Å². The monoisotopic (exact) mass is 583 g/mol. The summed E-state index contributed by atoms with van der Waals surface area (Å²) >= 11 is 1.49. The zero-order chi connectivity index (χ0) is 29.1. The number of aromatic amines is 1. The van der Waals surface area contributed by atoms with Gasteiger partial charge in [0.05, 0.1) is 6.54 Å². The second-order valence-electron chi connectivity index (χ2n) is 9.69. The number of tetrazole rings is 1. The van der Waals surface area contributed by atoms with Crippen molar-refractivity contribution >= 4 is 34.1 Å². The number of aryl methyl sites for hydroxylation is 1. The molecule has 6 aromatic rings. The van der Waals surface area contributed by atoms with Gasteiger partial charge in [0.2, 0.25) is 17.6 Å². The van der Waals surface area contributed by atoms with Gasteiger partial charge >= 0.3 is 0 Å². The molecule has 0 saturated carbocycles. The molecule has 42 heavy (non-hydrogen) atoms. The van der Waals surface area contributed by atoms with Crippen molar-refractivity contribution in [2.45, 2.75) is 32.6 Å². The molecule has 2 aromatic carbocycles. The summed E-state index contributed by atoms with van der Waals surface area (Å²) < 4.78 is 19.0. The molecule has 0 aliphatic heterocycles. The van der Waals surface area contributed by atoms with E-state index in [9.17, 15) is 14.0 Å². The van der Waals surface area contributed by atoms with Gasteiger partial charge in [-0.05, 0) is 59.5 Å². The van der Waals surface area contributed by atoms with E-state index >= 15 is 0 Å². The number of benzene rings is 2. The lowest BCUT2D eigenvalue weighted by molar-refractivity contribution is -0.142. The summed E-state index contributed by atoms with van der Waals surface area (Å²) in [5.41, 5.74) is 2.21. The molecule has 1 atom stereocenters. The number of amides is 2. The van der Waals surface area contributed by atoms with E-state index in [0.717, 1.165) is 21.3 Å². The number of carbonyl (C=O) groups is 2. The molecule has 2 amide bonds. The van der Waals surface area contributed by atoms with E-state index in [0.29, 0.717) is 17.1 Å². The molecule has 212 valence electrons. The quantitative estimate of drug-likeness (QED) is 0.234. The van der Waals surface area contributed by atoms with Crippen LogP contribution >= 0.6 is 11.3 Å². The molecular weight excluding hydrogens is 557 g/mol. The lowest BCUT2D eigenvalue weighted by Gasteiger charge is -2.30. The smallest absolute Gasteiger partial charge is 0.247 e. The average Bonchev–Trinajstić information content (AvgIpc) is 3.81. The maximum Gasteiger partial charge on any atom is 0.247 e. The Kier molecular flexibility index (Phi) is 7.60. The van der Waals surface area contributed by atoms with Crippen molar-refractivity contribution in [2.75, 3.05) is 0 Å². The Morgan fingerprint density at radius 2 is 1.93 bits per heavy atom. The minimum absolute atomic E-state index is 0.162. The SMILES string of the molecule is Cc1ccc(-c2nnn(CC(=O)N(Cc3cccs3)C(C(=O)NCc3ccc(F)cc3)c3c[nH]c4ccccc34)n2)o1. The van der Waals surface area contributed by atoms with Crippen LogP contribution < -0.4 is 5.32 Å². The fraction of sp³-hybridized carbons (Fsp3) is 0.167. The fourth-order valence-corrected chi connectivity index (χ4v) is 5.43. The Hall–Kier alpha value is -5.10. The number of carbonyl (C=O) groups excluding carboxylic acids is 2. The largest absolute Gasteiger partial charge is 0.458 e. The molecule has 4 aromatic heterocycles. The third-order valence-electron chi connectivity index (χ3n) is 6.77. The molecule has 2 N–H and O–H groups in total. The molecule has 0 fully saturated rings. The molecular formula is C30H26FN7O3S. The molecule has 0 saturated heterocycles. The first-order valence-electron chi connectivity index (χ1n) is 13.2. The molecule has 12 heteroatoms. The first kappa shape index (κ1) is 27.1. The number of fused-ring (bicyclic) bond motifs is 1. The number of nitrogens with one attached hydrogen (secondary N) is 2. The van der Waals surface area contributed by atoms with Crippen molar-refractivity contribution < 1.29 is 18.4 Å². The van der Waals surface area contributed by atoms with Gasteiger partial charge in [-0.25, -0.2) is 4.39 Å². The predicted molar refractivity (Wildman–Crippen MR) is 154 cm³/mol. The van der Waals surface area contributed by atoms with E-state index in [4.69, 9.17) is 4.42 Å². The van der Waals surface area contributed by atoms with Gasteiger partial charge in [0.1, 0.15) is 24.2 Å². The van der Waals surface area contributed by atoms with Crippen LogP contribution in [0.2, 0.25) is 0 Å². The van der Waals surface area contributed by atoms with Gasteiger partial charge in [-0.15, -0.1) is 21.5 Å². The number of H-pyrrole nitrogens is 1. The Balaban J connectivity index is 1.34. The number of aromatic nitrogens is 5. The number of rotatable bonds is 10. The molecule has 0 bridgehead atoms. The van der Waals surface area contributed by atoms with Gasteiger partial charge in [-0.3, -0.25) is 9.59 Å². The van der Waals surface area contributed by atoms with Crippen LogP contribution in [-0.4, -0.2) is 41.9 Å². The maximum absolute atomic E-state index is 14.0. The topological polar surface area (TPSA) is 122 Å². The van der Waals surface area contributed by atoms with Gasteiger partial charge in [-0.2, -0.15) is 4.80 Å². The summed E-state index contributed by atoms with van der Waals surface area (Å²) in [5.74, 6) is 0.279. The van der Waals surface area contributed by atoms with Crippen molar-refractivity contribution in [2.24, 2.45) is 0 Å². The highest BCUT2D eigenvalue weighted by atomic mass is 32.1. The maximum atomic E-state index is 14.0. The zero-order valence-corrected chi connectivity index (χ0v) is 23.3. The number of halogens is 1. The molecule has 4 heterocycles. The van der Waals surface area contributed by atoms with Crippen molar-refractivity contribution in [1.29, 1.82) is 0 Å². The second kappa shape index (κ2) is 11.8. The number of furan rings is 1. The molecule has 0 aliphatic carbocycles. The van der Waals surface area contributed by atoms with Gasteiger partial charge in [0, 0.05) is 34.1 Å². The van der Waals surface area contributed by atoms with Crippen molar-refractivity contribution in [3.63, 3.8) is 0 Å². The number of hydrogen-bond donors (Lipinski definition) is 2. The minimum Gasteiger partial charge on any atom is -0.458 e. The van der Waals surface area contributed by atoms with E-state index < -0.39 is 6.04 Å². The van der Waals surface area contributed by atoms with Crippen LogP contribution in [0.4, 0.5) is 4.39 Å².